The topological polar surface area (TPSA) is 72.2 Å². The highest BCUT2D eigenvalue weighted by atomic mass is 35.5. The van der Waals surface area contributed by atoms with Crippen molar-refractivity contribution in [1.82, 2.24) is 0 Å². The van der Waals surface area contributed by atoms with Gasteiger partial charge in [-0.2, -0.15) is 0 Å². The van der Waals surface area contributed by atoms with Gasteiger partial charge in [0.1, 0.15) is 0 Å². The molecule has 0 spiro atoms. The van der Waals surface area contributed by atoms with Gasteiger partial charge >= 0.3 is 0 Å². The molecule has 0 unspecified atom stereocenters. The summed E-state index contributed by atoms with van der Waals surface area (Å²) in [6.07, 6.45) is 0. The predicted octanol–water partition coefficient (Wildman–Crippen LogP) is 3.17. The Labute approximate surface area is 131 Å². The smallest absolute Gasteiger partial charge is 0.255 e. The van der Waals surface area contributed by atoms with E-state index in [0.29, 0.717) is 16.3 Å². The van der Waals surface area contributed by atoms with Crippen LogP contribution in [0.15, 0.2) is 53.4 Å². The van der Waals surface area contributed by atoms with Gasteiger partial charge in [0.2, 0.25) is 5.91 Å². The Morgan fingerprint density at radius 2 is 1.90 bits per heavy atom. The molecule has 2 aromatic carbocycles. The van der Waals surface area contributed by atoms with E-state index in [1.54, 1.807) is 42.5 Å². The summed E-state index contributed by atoms with van der Waals surface area (Å²) < 4.78 is 0. The number of thioether (sulfide) groups is 1. The Balaban J connectivity index is 2.07. The van der Waals surface area contributed by atoms with Crippen LogP contribution in [-0.4, -0.2) is 17.6 Å². The molecule has 2 rings (SSSR count). The fourth-order valence-corrected chi connectivity index (χ4v) is 2.54. The minimum atomic E-state index is -0.381. The standard InChI is InChI=1S/C15H13ClN2O2S/c16-11-4-1-3-10(7-11)15(20)18-12-5-2-6-13(8-12)21-9-14(17)19/h1-8H,9H2,(H2,17,19)(H,18,20). The number of carbonyl (C=O) groups is 2. The number of hydrogen-bond acceptors (Lipinski definition) is 3. The molecule has 0 aromatic heterocycles. The molecule has 0 aliphatic carbocycles. The number of nitrogens with two attached hydrogens (primary N) is 1. The molecular weight excluding hydrogens is 308 g/mol. The molecule has 0 saturated heterocycles. The third-order valence-electron chi connectivity index (χ3n) is 2.56. The van der Waals surface area contributed by atoms with Crippen LogP contribution in [0, 0.1) is 0 Å². The number of benzene rings is 2. The maximum atomic E-state index is 12.1. The number of hydrogen-bond donors (Lipinski definition) is 2. The molecule has 4 nitrogen and oxygen atoms in total. The Morgan fingerprint density at radius 1 is 1.14 bits per heavy atom. The van der Waals surface area contributed by atoms with Gasteiger partial charge in [0.05, 0.1) is 5.75 Å². The van der Waals surface area contributed by atoms with Crippen molar-refractivity contribution in [3.05, 3.63) is 59.1 Å². The summed E-state index contributed by atoms with van der Waals surface area (Å²) in [7, 11) is 0. The molecule has 108 valence electrons. The maximum absolute atomic E-state index is 12.1. The van der Waals surface area contributed by atoms with E-state index in [2.05, 4.69) is 5.32 Å². The molecule has 0 atom stereocenters. The van der Waals surface area contributed by atoms with Crippen molar-refractivity contribution in [2.24, 2.45) is 5.73 Å². The van der Waals surface area contributed by atoms with Crippen molar-refractivity contribution in [2.45, 2.75) is 4.90 Å². The molecule has 2 aromatic rings. The summed E-state index contributed by atoms with van der Waals surface area (Å²) in [5.74, 6) is -0.422. The van der Waals surface area contributed by atoms with Crippen molar-refractivity contribution < 1.29 is 9.59 Å². The van der Waals surface area contributed by atoms with Crippen LogP contribution in [0.4, 0.5) is 5.69 Å². The van der Waals surface area contributed by atoms with E-state index in [1.807, 2.05) is 6.07 Å². The van der Waals surface area contributed by atoms with Crippen molar-refractivity contribution in [1.29, 1.82) is 0 Å². The summed E-state index contributed by atoms with van der Waals surface area (Å²) in [5.41, 5.74) is 6.24. The Morgan fingerprint density at radius 3 is 2.62 bits per heavy atom. The van der Waals surface area contributed by atoms with Gasteiger partial charge in [-0.25, -0.2) is 0 Å². The molecule has 0 saturated carbocycles. The van der Waals surface area contributed by atoms with Crippen LogP contribution in [0.5, 0.6) is 0 Å². The number of amides is 2. The molecule has 0 radical (unpaired) electrons. The molecule has 0 heterocycles. The second kappa shape index (κ2) is 7.15. The third kappa shape index (κ3) is 4.81. The maximum Gasteiger partial charge on any atom is 0.255 e. The fraction of sp³-hybridized carbons (Fsp3) is 0.0667. The molecule has 3 N–H and O–H groups in total. The van der Waals surface area contributed by atoms with E-state index < -0.39 is 0 Å². The van der Waals surface area contributed by atoms with Gasteiger partial charge < -0.3 is 11.1 Å². The van der Waals surface area contributed by atoms with E-state index in [-0.39, 0.29) is 17.6 Å². The lowest BCUT2D eigenvalue weighted by Gasteiger charge is -2.07. The largest absolute Gasteiger partial charge is 0.369 e. The highest BCUT2D eigenvalue weighted by molar-refractivity contribution is 8.00. The minimum absolute atomic E-state index is 0.200. The van der Waals surface area contributed by atoms with Crippen LogP contribution in [0.25, 0.3) is 0 Å². The summed E-state index contributed by atoms with van der Waals surface area (Å²) in [5, 5.41) is 3.29. The molecule has 2 amide bonds. The van der Waals surface area contributed by atoms with Crippen molar-refractivity contribution in [3.63, 3.8) is 0 Å². The normalized spacial score (nSPS) is 10.1. The first-order valence-electron chi connectivity index (χ1n) is 6.12. The van der Waals surface area contributed by atoms with Crippen molar-refractivity contribution >= 4 is 40.9 Å². The molecular formula is C15H13ClN2O2S. The Bertz CT molecular complexity index is 676. The van der Waals surface area contributed by atoms with E-state index in [0.717, 1.165) is 4.90 Å². The average molecular weight is 321 g/mol. The predicted molar refractivity (Wildman–Crippen MR) is 85.8 cm³/mol. The van der Waals surface area contributed by atoms with E-state index in [4.69, 9.17) is 17.3 Å². The number of nitrogens with one attached hydrogen (secondary N) is 1. The Hall–Kier alpha value is -1.98. The Kier molecular flexibility index (Phi) is 5.25. The summed E-state index contributed by atoms with van der Waals surface area (Å²) in [6, 6.07) is 13.9. The number of halogens is 1. The molecule has 0 aliphatic heterocycles. The van der Waals surface area contributed by atoms with Gasteiger partial charge in [-0.05, 0) is 36.4 Å². The van der Waals surface area contributed by atoms with Crippen LogP contribution in [0.1, 0.15) is 10.4 Å². The zero-order valence-corrected chi connectivity index (χ0v) is 12.6. The second-order valence-electron chi connectivity index (χ2n) is 4.25. The first-order chi connectivity index (χ1) is 10.0. The van der Waals surface area contributed by atoms with Crippen molar-refractivity contribution in [3.8, 4) is 0 Å². The van der Waals surface area contributed by atoms with Crippen LogP contribution in [-0.2, 0) is 4.79 Å². The lowest BCUT2D eigenvalue weighted by Crippen LogP contribution is -2.13. The third-order valence-corrected chi connectivity index (χ3v) is 3.81. The monoisotopic (exact) mass is 320 g/mol. The summed E-state index contributed by atoms with van der Waals surface area (Å²) in [6.45, 7) is 0. The molecule has 0 aliphatic rings. The lowest BCUT2D eigenvalue weighted by atomic mass is 10.2. The van der Waals surface area contributed by atoms with Gasteiger partial charge in [-0.3, -0.25) is 9.59 Å². The van der Waals surface area contributed by atoms with Gasteiger partial charge in [0.25, 0.3) is 5.91 Å². The lowest BCUT2D eigenvalue weighted by molar-refractivity contribution is -0.115. The SMILES string of the molecule is NC(=O)CSc1cccc(NC(=O)c2cccc(Cl)c2)c1. The molecule has 0 bridgehead atoms. The zero-order valence-electron chi connectivity index (χ0n) is 11.0. The summed E-state index contributed by atoms with van der Waals surface area (Å²) in [4.78, 5) is 23.7. The number of carbonyl (C=O) groups excluding carboxylic acids is 2. The van der Waals surface area contributed by atoms with E-state index >= 15 is 0 Å². The number of anilines is 1. The minimum Gasteiger partial charge on any atom is -0.369 e. The molecule has 21 heavy (non-hydrogen) atoms. The quantitative estimate of drug-likeness (QED) is 0.831. The second-order valence-corrected chi connectivity index (χ2v) is 5.73. The molecule has 0 fully saturated rings. The highest BCUT2D eigenvalue weighted by Gasteiger charge is 2.07. The average Bonchev–Trinajstić information content (AvgIpc) is 2.45. The zero-order chi connectivity index (χ0) is 15.2. The number of primary amides is 1. The van der Waals surface area contributed by atoms with Gasteiger partial charge in [0, 0.05) is 21.2 Å². The van der Waals surface area contributed by atoms with Gasteiger partial charge in [0.15, 0.2) is 0 Å². The fourth-order valence-electron chi connectivity index (χ4n) is 1.65. The van der Waals surface area contributed by atoms with Crippen LogP contribution >= 0.6 is 23.4 Å². The van der Waals surface area contributed by atoms with Crippen LogP contribution < -0.4 is 11.1 Å². The number of rotatable bonds is 5. The van der Waals surface area contributed by atoms with Crippen LogP contribution in [0.3, 0.4) is 0 Å². The molecule has 6 heteroatoms. The summed E-state index contributed by atoms with van der Waals surface area (Å²) >= 11 is 7.18. The van der Waals surface area contributed by atoms with E-state index in [9.17, 15) is 9.59 Å². The first-order valence-corrected chi connectivity index (χ1v) is 7.49. The van der Waals surface area contributed by atoms with E-state index in [1.165, 1.54) is 11.8 Å². The van der Waals surface area contributed by atoms with Crippen LogP contribution in [0.2, 0.25) is 5.02 Å². The van der Waals surface area contributed by atoms with Crippen molar-refractivity contribution in [2.75, 3.05) is 11.1 Å². The first kappa shape index (κ1) is 15.4. The van der Waals surface area contributed by atoms with Gasteiger partial charge in [-0.1, -0.05) is 23.7 Å². The highest BCUT2D eigenvalue weighted by Crippen LogP contribution is 2.22. The van der Waals surface area contributed by atoms with Gasteiger partial charge in [-0.15, -0.1) is 11.8 Å².